The van der Waals surface area contributed by atoms with Crippen LogP contribution in [-0.2, 0) is 11.2 Å². The summed E-state index contributed by atoms with van der Waals surface area (Å²) in [5.74, 6) is 0.708. The zero-order chi connectivity index (χ0) is 20.8. The number of carbonyl (C=O) groups excluding carboxylic acids is 2. The normalized spacial score (nSPS) is 16.7. The second-order valence-electron chi connectivity index (χ2n) is 7.70. The highest BCUT2D eigenvalue weighted by molar-refractivity contribution is 5.92. The fourth-order valence-corrected chi connectivity index (χ4v) is 3.53. The van der Waals surface area contributed by atoms with Crippen LogP contribution in [-0.4, -0.2) is 57.9 Å². The first-order valence-electron chi connectivity index (χ1n) is 10.1. The molecule has 8 heteroatoms. The average Bonchev–Trinajstić information content (AvgIpc) is 3.22. The van der Waals surface area contributed by atoms with Crippen LogP contribution in [0, 0.1) is 0 Å². The molecule has 0 aliphatic carbocycles. The lowest BCUT2D eigenvalue weighted by Crippen LogP contribution is -2.41. The van der Waals surface area contributed by atoms with E-state index in [1.54, 1.807) is 18.0 Å². The van der Waals surface area contributed by atoms with E-state index in [0.717, 1.165) is 30.7 Å². The molecule has 3 rings (SSSR count). The van der Waals surface area contributed by atoms with E-state index in [1.165, 1.54) is 0 Å². The molecule has 1 aliphatic heterocycles. The van der Waals surface area contributed by atoms with Crippen molar-refractivity contribution < 1.29 is 14.3 Å². The molecule has 0 radical (unpaired) electrons. The third-order valence-corrected chi connectivity index (χ3v) is 5.05. The Bertz CT molecular complexity index is 848. The molecule has 1 aliphatic rings. The number of carbonyl (C=O) groups is 2. The highest BCUT2D eigenvalue weighted by Gasteiger charge is 2.26. The number of aromatic nitrogens is 3. The van der Waals surface area contributed by atoms with E-state index in [2.05, 4.69) is 15.6 Å². The third-order valence-electron chi connectivity index (χ3n) is 5.05. The molecule has 1 fully saturated rings. The highest BCUT2D eigenvalue weighted by Crippen LogP contribution is 2.22. The van der Waals surface area contributed by atoms with Gasteiger partial charge in [0.05, 0.1) is 19.3 Å². The average molecular weight is 399 g/mol. The minimum absolute atomic E-state index is 0.0395. The Hall–Kier alpha value is -2.90. The number of rotatable bonds is 7. The number of amides is 2. The number of hydrogen-bond donors (Lipinski definition) is 1. The molecule has 0 saturated carbocycles. The SMILES string of the molecule is COc1cccc(CCC(=O)N2CCC[C@H](n3cc(C(=O)NC(C)C)nn3)C2)c1. The summed E-state index contributed by atoms with van der Waals surface area (Å²) < 4.78 is 6.96. The van der Waals surface area contributed by atoms with Crippen LogP contribution in [0.25, 0.3) is 0 Å². The number of benzene rings is 1. The van der Waals surface area contributed by atoms with Crippen LogP contribution in [0.3, 0.4) is 0 Å². The Morgan fingerprint density at radius 3 is 2.93 bits per heavy atom. The van der Waals surface area contributed by atoms with Crippen LogP contribution in [0.1, 0.15) is 55.2 Å². The quantitative estimate of drug-likeness (QED) is 0.771. The van der Waals surface area contributed by atoms with Gasteiger partial charge in [-0.25, -0.2) is 4.68 Å². The number of piperidine rings is 1. The highest BCUT2D eigenvalue weighted by atomic mass is 16.5. The second kappa shape index (κ2) is 9.54. The summed E-state index contributed by atoms with van der Waals surface area (Å²) in [6.45, 7) is 5.14. The van der Waals surface area contributed by atoms with E-state index in [-0.39, 0.29) is 23.9 Å². The van der Waals surface area contributed by atoms with Crippen LogP contribution in [0.2, 0.25) is 0 Å². The number of methoxy groups -OCH3 is 1. The smallest absolute Gasteiger partial charge is 0.273 e. The largest absolute Gasteiger partial charge is 0.497 e. The van der Waals surface area contributed by atoms with Crippen LogP contribution in [0.15, 0.2) is 30.5 Å². The summed E-state index contributed by atoms with van der Waals surface area (Å²) in [5.41, 5.74) is 1.39. The molecule has 1 N–H and O–H groups in total. The van der Waals surface area contributed by atoms with Crippen LogP contribution in [0.5, 0.6) is 5.75 Å². The van der Waals surface area contributed by atoms with E-state index < -0.39 is 0 Å². The Kier molecular flexibility index (Phi) is 6.85. The van der Waals surface area contributed by atoms with Gasteiger partial charge in [-0.3, -0.25) is 9.59 Å². The maximum absolute atomic E-state index is 12.7. The lowest BCUT2D eigenvalue weighted by Gasteiger charge is -2.32. The number of nitrogens with zero attached hydrogens (tertiary/aromatic N) is 4. The lowest BCUT2D eigenvalue weighted by atomic mass is 10.0. The van der Waals surface area contributed by atoms with E-state index in [0.29, 0.717) is 25.1 Å². The first kappa shape index (κ1) is 20.8. The van der Waals surface area contributed by atoms with Crippen molar-refractivity contribution in [2.24, 2.45) is 0 Å². The minimum Gasteiger partial charge on any atom is -0.497 e. The van der Waals surface area contributed by atoms with Crippen LogP contribution >= 0.6 is 0 Å². The van der Waals surface area contributed by atoms with Gasteiger partial charge in [-0.05, 0) is 50.8 Å². The van der Waals surface area contributed by atoms with Crippen molar-refractivity contribution in [2.45, 2.75) is 51.6 Å². The van der Waals surface area contributed by atoms with Gasteiger partial charge in [0.1, 0.15) is 5.75 Å². The maximum Gasteiger partial charge on any atom is 0.273 e. The molecule has 1 saturated heterocycles. The molecule has 0 bridgehead atoms. The molecule has 8 nitrogen and oxygen atoms in total. The standard InChI is InChI=1S/C21H29N5O3/c1-15(2)22-21(28)19-14-26(24-23-19)17-7-5-11-25(13-17)20(27)10-9-16-6-4-8-18(12-16)29-3/h4,6,8,12,14-15,17H,5,7,9-11,13H2,1-3H3,(H,22,28)/t17-/m0/s1. The summed E-state index contributed by atoms with van der Waals surface area (Å²) >= 11 is 0. The van der Waals surface area contributed by atoms with Gasteiger partial charge in [0, 0.05) is 25.6 Å². The van der Waals surface area contributed by atoms with Crippen molar-refractivity contribution in [3.05, 3.63) is 41.7 Å². The first-order chi connectivity index (χ1) is 14.0. The fraction of sp³-hybridized carbons (Fsp3) is 0.524. The molecular formula is C21H29N5O3. The number of hydrogen-bond acceptors (Lipinski definition) is 5. The predicted molar refractivity (Wildman–Crippen MR) is 109 cm³/mol. The summed E-state index contributed by atoms with van der Waals surface area (Å²) in [5, 5.41) is 10.9. The van der Waals surface area contributed by atoms with Gasteiger partial charge in [0.2, 0.25) is 5.91 Å². The third kappa shape index (κ3) is 5.56. The van der Waals surface area contributed by atoms with Crippen LogP contribution in [0.4, 0.5) is 0 Å². The molecule has 29 heavy (non-hydrogen) atoms. The number of likely N-dealkylation sites (tertiary alicyclic amines) is 1. The van der Waals surface area contributed by atoms with Gasteiger partial charge in [-0.2, -0.15) is 0 Å². The van der Waals surface area contributed by atoms with Crippen molar-refractivity contribution in [3.63, 3.8) is 0 Å². The van der Waals surface area contributed by atoms with Crippen molar-refractivity contribution in [3.8, 4) is 5.75 Å². The number of ether oxygens (including phenoxy) is 1. The zero-order valence-corrected chi connectivity index (χ0v) is 17.3. The van der Waals surface area contributed by atoms with Crippen molar-refractivity contribution in [1.82, 2.24) is 25.2 Å². The zero-order valence-electron chi connectivity index (χ0n) is 17.3. The van der Waals surface area contributed by atoms with Gasteiger partial charge in [0.15, 0.2) is 5.69 Å². The minimum atomic E-state index is -0.228. The van der Waals surface area contributed by atoms with Gasteiger partial charge in [-0.15, -0.1) is 5.10 Å². The summed E-state index contributed by atoms with van der Waals surface area (Å²) in [7, 11) is 1.64. The molecule has 156 valence electrons. The van der Waals surface area contributed by atoms with E-state index in [9.17, 15) is 9.59 Å². The predicted octanol–water partition coefficient (Wildman–Crippen LogP) is 2.22. The van der Waals surface area contributed by atoms with Crippen molar-refractivity contribution in [1.29, 1.82) is 0 Å². The van der Waals surface area contributed by atoms with Crippen molar-refractivity contribution in [2.75, 3.05) is 20.2 Å². The number of aryl methyl sites for hydroxylation is 1. The molecule has 1 aromatic heterocycles. The van der Waals surface area contributed by atoms with E-state index in [4.69, 9.17) is 4.74 Å². The molecular weight excluding hydrogens is 370 g/mol. The summed E-state index contributed by atoms with van der Waals surface area (Å²) in [4.78, 5) is 26.7. The molecule has 0 unspecified atom stereocenters. The van der Waals surface area contributed by atoms with Gasteiger partial charge < -0.3 is 15.0 Å². The lowest BCUT2D eigenvalue weighted by molar-refractivity contribution is -0.132. The molecule has 1 aromatic carbocycles. The topological polar surface area (TPSA) is 89.4 Å². The molecule has 1 atom stereocenters. The Morgan fingerprint density at radius 1 is 1.34 bits per heavy atom. The molecule has 2 amide bonds. The van der Waals surface area contributed by atoms with Crippen molar-refractivity contribution >= 4 is 11.8 Å². The summed E-state index contributed by atoms with van der Waals surface area (Å²) in [6, 6.07) is 7.89. The number of nitrogens with one attached hydrogen (secondary N) is 1. The van der Waals surface area contributed by atoms with Gasteiger partial charge in [-0.1, -0.05) is 17.3 Å². The summed E-state index contributed by atoms with van der Waals surface area (Å²) in [6.07, 6.45) is 4.63. The Labute approximate surface area is 171 Å². The maximum atomic E-state index is 12.7. The molecule has 2 heterocycles. The first-order valence-corrected chi connectivity index (χ1v) is 10.1. The van der Waals surface area contributed by atoms with Gasteiger partial charge in [0.25, 0.3) is 5.91 Å². The van der Waals surface area contributed by atoms with Crippen LogP contribution < -0.4 is 10.1 Å². The molecule has 0 spiro atoms. The Balaban J connectivity index is 1.56. The van der Waals surface area contributed by atoms with Gasteiger partial charge >= 0.3 is 0 Å². The molecule has 2 aromatic rings. The van der Waals surface area contributed by atoms with E-state index >= 15 is 0 Å². The fourth-order valence-electron chi connectivity index (χ4n) is 3.53. The monoisotopic (exact) mass is 399 g/mol. The second-order valence-corrected chi connectivity index (χ2v) is 7.70. The van der Waals surface area contributed by atoms with E-state index in [1.807, 2.05) is 43.0 Å². The Morgan fingerprint density at radius 2 is 2.17 bits per heavy atom.